The first-order valence-corrected chi connectivity index (χ1v) is 5.05. The molecule has 0 aromatic heterocycles. The quantitative estimate of drug-likeness (QED) is 0.709. The molecule has 1 rings (SSSR count). The number of para-hydroxylation sites is 1. The number of halogens is 1. The van der Waals surface area contributed by atoms with Crippen LogP contribution in [-0.2, 0) is 4.79 Å². The molecule has 0 spiro atoms. The fourth-order valence-corrected chi connectivity index (χ4v) is 1.31. The van der Waals surface area contributed by atoms with Gasteiger partial charge in [-0.3, -0.25) is 9.59 Å². The summed E-state index contributed by atoms with van der Waals surface area (Å²) in [6.07, 6.45) is 0. The minimum absolute atomic E-state index is 0.113. The van der Waals surface area contributed by atoms with Crippen LogP contribution in [0.15, 0.2) is 18.2 Å². The third kappa shape index (κ3) is 3.17. The first-order valence-electron chi connectivity index (χ1n) is 5.05. The van der Waals surface area contributed by atoms with Gasteiger partial charge in [0.2, 0.25) is 5.91 Å². The van der Waals surface area contributed by atoms with Crippen LogP contribution in [0.2, 0.25) is 0 Å². The van der Waals surface area contributed by atoms with E-state index in [2.05, 4.69) is 16.0 Å². The summed E-state index contributed by atoms with van der Waals surface area (Å²) in [6.45, 7) is -0.144. The molecular formula is C11H14FN3O2. The van der Waals surface area contributed by atoms with E-state index in [1.54, 1.807) is 0 Å². The number of anilines is 1. The maximum absolute atomic E-state index is 13.4. The van der Waals surface area contributed by atoms with E-state index < -0.39 is 11.7 Å². The van der Waals surface area contributed by atoms with Gasteiger partial charge in [0, 0.05) is 14.1 Å². The second kappa shape index (κ2) is 5.83. The second-order valence-corrected chi connectivity index (χ2v) is 3.27. The molecule has 6 heteroatoms. The second-order valence-electron chi connectivity index (χ2n) is 3.27. The topological polar surface area (TPSA) is 70.2 Å². The van der Waals surface area contributed by atoms with Crippen LogP contribution in [0.4, 0.5) is 10.1 Å². The monoisotopic (exact) mass is 239 g/mol. The molecule has 0 atom stereocenters. The molecule has 0 aliphatic rings. The zero-order valence-electron chi connectivity index (χ0n) is 9.63. The lowest BCUT2D eigenvalue weighted by Crippen LogP contribution is -2.35. The molecule has 17 heavy (non-hydrogen) atoms. The molecule has 0 aliphatic carbocycles. The Kier molecular flexibility index (Phi) is 4.45. The number of benzene rings is 1. The van der Waals surface area contributed by atoms with Gasteiger partial charge in [0.05, 0.1) is 17.8 Å². The molecular weight excluding hydrogens is 225 g/mol. The summed E-state index contributed by atoms with van der Waals surface area (Å²) in [5.74, 6) is -1.33. The normalized spacial score (nSPS) is 9.59. The van der Waals surface area contributed by atoms with Crippen molar-refractivity contribution in [3.63, 3.8) is 0 Å². The Morgan fingerprint density at radius 2 is 2.00 bits per heavy atom. The van der Waals surface area contributed by atoms with E-state index >= 15 is 0 Å². The maximum atomic E-state index is 13.4. The summed E-state index contributed by atoms with van der Waals surface area (Å²) < 4.78 is 13.4. The summed E-state index contributed by atoms with van der Waals surface area (Å²) in [5, 5.41) is 7.37. The molecule has 2 amide bonds. The molecule has 0 bridgehead atoms. The van der Waals surface area contributed by atoms with Gasteiger partial charge < -0.3 is 16.0 Å². The number of nitrogens with one attached hydrogen (secondary N) is 3. The average molecular weight is 239 g/mol. The fourth-order valence-electron chi connectivity index (χ4n) is 1.31. The molecule has 0 aliphatic heterocycles. The third-order valence-corrected chi connectivity index (χ3v) is 2.20. The number of carbonyl (C=O) groups excluding carboxylic acids is 2. The van der Waals surface area contributed by atoms with Crippen molar-refractivity contribution in [3.8, 4) is 0 Å². The Balaban J connectivity index is 2.82. The maximum Gasteiger partial charge on any atom is 0.253 e. The Morgan fingerprint density at radius 1 is 1.29 bits per heavy atom. The van der Waals surface area contributed by atoms with Crippen molar-refractivity contribution in [3.05, 3.63) is 29.6 Å². The molecule has 0 heterocycles. The third-order valence-electron chi connectivity index (χ3n) is 2.20. The Morgan fingerprint density at radius 3 is 2.59 bits per heavy atom. The van der Waals surface area contributed by atoms with E-state index in [1.807, 2.05) is 0 Å². The standard InChI is InChI=1S/C11H14FN3O2/c1-13-9(16)6-15-11(17)7-4-3-5-8(12)10(7)14-2/h3-5,14H,6H2,1-2H3,(H,13,16)(H,15,17). The number of hydrogen-bond acceptors (Lipinski definition) is 3. The molecule has 0 saturated carbocycles. The number of hydrogen-bond donors (Lipinski definition) is 3. The van der Waals surface area contributed by atoms with Crippen LogP contribution in [0.5, 0.6) is 0 Å². The van der Waals surface area contributed by atoms with Crippen LogP contribution >= 0.6 is 0 Å². The number of carbonyl (C=O) groups is 2. The van der Waals surface area contributed by atoms with Crippen LogP contribution in [0.25, 0.3) is 0 Å². The highest BCUT2D eigenvalue weighted by Crippen LogP contribution is 2.18. The minimum Gasteiger partial charge on any atom is -0.385 e. The van der Waals surface area contributed by atoms with Gasteiger partial charge in [-0.2, -0.15) is 0 Å². The molecule has 1 aromatic rings. The highest BCUT2D eigenvalue weighted by molar-refractivity contribution is 6.01. The fraction of sp³-hybridized carbons (Fsp3) is 0.273. The molecule has 92 valence electrons. The van der Waals surface area contributed by atoms with Crippen LogP contribution < -0.4 is 16.0 Å². The highest BCUT2D eigenvalue weighted by atomic mass is 19.1. The van der Waals surface area contributed by atoms with Gasteiger partial charge in [0.1, 0.15) is 5.82 Å². The van der Waals surface area contributed by atoms with Crippen LogP contribution in [-0.4, -0.2) is 32.5 Å². The van der Waals surface area contributed by atoms with E-state index in [0.717, 1.165) is 0 Å². The summed E-state index contributed by atoms with van der Waals surface area (Å²) in [6, 6.07) is 4.17. The Bertz CT molecular complexity index is 435. The summed E-state index contributed by atoms with van der Waals surface area (Å²) in [7, 11) is 2.99. The van der Waals surface area contributed by atoms with Crippen molar-refractivity contribution in [1.29, 1.82) is 0 Å². The molecule has 0 radical (unpaired) electrons. The van der Waals surface area contributed by atoms with Gasteiger partial charge in [-0.15, -0.1) is 0 Å². The summed E-state index contributed by atoms with van der Waals surface area (Å²) in [4.78, 5) is 22.7. The average Bonchev–Trinajstić information content (AvgIpc) is 2.35. The summed E-state index contributed by atoms with van der Waals surface area (Å²) >= 11 is 0. The van der Waals surface area contributed by atoms with Crippen molar-refractivity contribution in [2.45, 2.75) is 0 Å². The van der Waals surface area contributed by atoms with Gasteiger partial charge in [-0.25, -0.2) is 4.39 Å². The van der Waals surface area contributed by atoms with E-state index in [0.29, 0.717) is 0 Å². The molecule has 5 nitrogen and oxygen atoms in total. The Hall–Kier alpha value is -2.11. The molecule has 0 fully saturated rings. The zero-order valence-corrected chi connectivity index (χ0v) is 9.63. The van der Waals surface area contributed by atoms with Gasteiger partial charge in [-0.1, -0.05) is 6.07 Å². The van der Waals surface area contributed by atoms with E-state index in [1.165, 1.54) is 32.3 Å². The van der Waals surface area contributed by atoms with Crippen LogP contribution in [0.3, 0.4) is 0 Å². The first-order chi connectivity index (χ1) is 8.10. The predicted molar refractivity (Wildman–Crippen MR) is 62.3 cm³/mol. The number of rotatable bonds is 4. The van der Waals surface area contributed by atoms with Crippen molar-refractivity contribution < 1.29 is 14.0 Å². The van der Waals surface area contributed by atoms with E-state index in [4.69, 9.17) is 0 Å². The van der Waals surface area contributed by atoms with E-state index in [9.17, 15) is 14.0 Å². The van der Waals surface area contributed by atoms with Gasteiger partial charge >= 0.3 is 0 Å². The smallest absolute Gasteiger partial charge is 0.253 e. The number of likely N-dealkylation sites (N-methyl/N-ethyl adjacent to an activating group) is 1. The number of amides is 2. The van der Waals surface area contributed by atoms with Crippen molar-refractivity contribution in [2.75, 3.05) is 26.0 Å². The SMILES string of the molecule is CNC(=O)CNC(=O)c1cccc(F)c1NC. The lowest BCUT2D eigenvalue weighted by molar-refractivity contribution is -0.119. The molecule has 0 saturated heterocycles. The molecule has 3 N–H and O–H groups in total. The summed E-state index contributed by atoms with van der Waals surface area (Å²) in [5.41, 5.74) is 0.276. The van der Waals surface area contributed by atoms with Gasteiger partial charge in [0.25, 0.3) is 5.91 Å². The largest absolute Gasteiger partial charge is 0.385 e. The van der Waals surface area contributed by atoms with Crippen LogP contribution in [0.1, 0.15) is 10.4 Å². The van der Waals surface area contributed by atoms with E-state index in [-0.39, 0.29) is 23.7 Å². The first kappa shape index (κ1) is 13.0. The van der Waals surface area contributed by atoms with Crippen LogP contribution in [0, 0.1) is 5.82 Å². The lowest BCUT2D eigenvalue weighted by atomic mass is 10.1. The molecule has 1 aromatic carbocycles. The highest BCUT2D eigenvalue weighted by Gasteiger charge is 2.14. The van der Waals surface area contributed by atoms with Crippen molar-refractivity contribution in [2.24, 2.45) is 0 Å². The molecule has 0 unspecified atom stereocenters. The van der Waals surface area contributed by atoms with Gasteiger partial charge in [0.15, 0.2) is 0 Å². The zero-order chi connectivity index (χ0) is 12.8. The van der Waals surface area contributed by atoms with Gasteiger partial charge in [-0.05, 0) is 12.1 Å². The van der Waals surface area contributed by atoms with Crippen molar-refractivity contribution >= 4 is 17.5 Å². The predicted octanol–water partition coefficient (Wildman–Crippen LogP) is 0.343. The minimum atomic E-state index is -0.514. The lowest BCUT2D eigenvalue weighted by Gasteiger charge is -2.10. The van der Waals surface area contributed by atoms with Crippen molar-refractivity contribution in [1.82, 2.24) is 10.6 Å². The Labute approximate surface area is 98.4 Å².